The fourth-order valence-corrected chi connectivity index (χ4v) is 2.41. The molecule has 0 radical (unpaired) electrons. The largest absolute Gasteiger partial charge is 0.486 e. The molecule has 4 heteroatoms. The van der Waals surface area contributed by atoms with Crippen LogP contribution >= 0.6 is 11.6 Å². The highest BCUT2D eigenvalue weighted by Crippen LogP contribution is 2.25. The topological polar surface area (TPSA) is 41.8 Å². The third-order valence-corrected chi connectivity index (χ3v) is 3.66. The van der Waals surface area contributed by atoms with Crippen molar-refractivity contribution in [2.45, 2.75) is 0 Å². The molecule has 22 heavy (non-hydrogen) atoms. The molecule has 0 aliphatic carbocycles. The molecule has 3 aromatic carbocycles. The number of oxime groups is 1. The standard InChI is InChI=1S/C18H14ClNO2/c19-15-10-8-14(9-11-15)17(20-21)12-22-18-7-3-5-13-4-1-2-6-16(13)18/h1-11,21H,12H2/b20-17+. The van der Waals surface area contributed by atoms with Crippen molar-refractivity contribution < 1.29 is 9.94 Å². The van der Waals surface area contributed by atoms with E-state index >= 15 is 0 Å². The van der Waals surface area contributed by atoms with Crippen LogP contribution in [0.3, 0.4) is 0 Å². The van der Waals surface area contributed by atoms with Gasteiger partial charge in [-0.15, -0.1) is 0 Å². The Kier molecular flexibility index (Phi) is 4.26. The molecule has 3 rings (SSSR count). The van der Waals surface area contributed by atoms with Gasteiger partial charge in [-0.2, -0.15) is 0 Å². The fourth-order valence-electron chi connectivity index (χ4n) is 2.28. The van der Waals surface area contributed by atoms with Gasteiger partial charge in [-0.05, 0) is 23.6 Å². The van der Waals surface area contributed by atoms with Gasteiger partial charge in [0, 0.05) is 16.0 Å². The number of benzene rings is 3. The van der Waals surface area contributed by atoms with E-state index in [9.17, 15) is 5.21 Å². The summed E-state index contributed by atoms with van der Waals surface area (Å²) in [5.74, 6) is 0.758. The third kappa shape index (κ3) is 3.05. The predicted molar refractivity (Wildman–Crippen MR) is 89.2 cm³/mol. The Balaban J connectivity index is 1.82. The van der Waals surface area contributed by atoms with Gasteiger partial charge in [-0.3, -0.25) is 0 Å². The second-order valence-corrected chi connectivity index (χ2v) is 5.26. The number of ether oxygens (including phenoxy) is 1. The second-order valence-electron chi connectivity index (χ2n) is 4.82. The number of hydrogen-bond donors (Lipinski definition) is 1. The summed E-state index contributed by atoms with van der Waals surface area (Å²) >= 11 is 5.86. The molecule has 0 unspecified atom stereocenters. The van der Waals surface area contributed by atoms with E-state index in [2.05, 4.69) is 5.16 Å². The van der Waals surface area contributed by atoms with Crippen LogP contribution in [0, 0.1) is 0 Å². The first-order chi connectivity index (χ1) is 10.8. The van der Waals surface area contributed by atoms with Gasteiger partial charge in [0.1, 0.15) is 18.1 Å². The Morgan fingerprint density at radius 1 is 0.955 bits per heavy atom. The van der Waals surface area contributed by atoms with Crippen LogP contribution in [0.1, 0.15) is 5.56 Å². The number of nitrogens with zero attached hydrogens (tertiary/aromatic N) is 1. The van der Waals surface area contributed by atoms with Crippen LogP contribution in [0.25, 0.3) is 10.8 Å². The van der Waals surface area contributed by atoms with Crippen molar-refractivity contribution in [2.75, 3.05) is 6.61 Å². The molecule has 0 aliphatic heterocycles. The minimum Gasteiger partial charge on any atom is -0.486 e. The first-order valence-electron chi connectivity index (χ1n) is 6.85. The molecular formula is C18H14ClNO2. The lowest BCUT2D eigenvalue weighted by atomic mass is 10.1. The number of fused-ring (bicyclic) bond motifs is 1. The highest BCUT2D eigenvalue weighted by Gasteiger charge is 2.07. The normalized spacial score (nSPS) is 11.6. The molecule has 0 bridgehead atoms. The molecule has 0 spiro atoms. The fraction of sp³-hybridized carbons (Fsp3) is 0.0556. The quantitative estimate of drug-likeness (QED) is 0.429. The summed E-state index contributed by atoms with van der Waals surface area (Å²) in [4.78, 5) is 0. The Labute approximate surface area is 133 Å². The lowest BCUT2D eigenvalue weighted by Gasteiger charge is -2.10. The van der Waals surface area contributed by atoms with Crippen molar-refractivity contribution in [3.8, 4) is 5.75 Å². The predicted octanol–water partition coefficient (Wildman–Crippen LogP) is 4.75. The van der Waals surface area contributed by atoms with E-state index in [-0.39, 0.29) is 6.61 Å². The Morgan fingerprint density at radius 3 is 2.45 bits per heavy atom. The molecular weight excluding hydrogens is 298 g/mol. The highest BCUT2D eigenvalue weighted by atomic mass is 35.5. The van der Waals surface area contributed by atoms with Crippen molar-refractivity contribution >= 4 is 28.1 Å². The van der Waals surface area contributed by atoms with E-state index in [1.165, 1.54) is 0 Å². The molecule has 3 aromatic rings. The molecule has 110 valence electrons. The van der Waals surface area contributed by atoms with Crippen molar-refractivity contribution in [3.63, 3.8) is 0 Å². The van der Waals surface area contributed by atoms with Gasteiger partial charge in [0.05, 0.1) is 0 Å². The zero-order valence-electron chi connectivity index (χ0n) is 11.7. The molecule has 3 nitrogen and oxygen atoms in total. The zero-order valence-corrected chi connectivity index (χ0v) is 12.5. The number of hydrogen-bond acceptors (Lipinski definition) is 3. The van der Waals surface area contributed by atoms with E-state index in [1.807, 2.05) is 42.5 Å². The Bertz CT molecular complexity index is 807. The molecule has 0 aromatic heterocycles. The van der Waals surface area contributed by atoms with Crippen molar-refractivity contribution in [2.24, 2.45) is 5.16 Å². The summed E-state index contributed by atoms with van der Waals surface area (Å²) in [6, 6.07) is 21.0. The zero-order chi connectivity index (χ0) is 15.4. The summed E-state index contributed by atoms with van der Waals surface area (Å²) in [5.41, 5.74) is 1.22. The smallest absolute Gasteiger partial charge is 0.134 e. The van der Waals surface area contributed by atoms with Gasteiger partial charge < -0.3 is 9.94 Å². The minimum absolute atomic E-state index is 0.173. The molecule has 0 amide bonds. The number of rotatable bonds is 4. The molecule has 0 aliphatic rings. The van der Waals surface area contributed by atoms with Gasteiger partial charge in [-0.1, -0.05) is 65.3 Å². The molecule has 0 saturated carbocycles. The van der Waals surface area contributed by atoms with Crippen LogP contribution in [0.4, 0.5) is 0 Å². The van der Waals surface area contributed by atoms with Gasteiger partial charge >= 0.3 is 0 Å². The first kappa shape index (κ1) is 14.4. The Hall–Kier alpha value is -2.52. The molecule has 0 saturated heterocycles. The Morgan fingerprint density at radius 2 is 1.68 bits per heavy atom. The summed E-state index contributed by atoms with van der Waals surface area (Å²) < 4.78 is 5.83. The second kappa shape index (κ2) is 6.50. The summed E-state index contributed by atoms with van der Waals surface area (Å²) in [7, 11) is 0. The lowest BCUT2D eigenvalue weighted by molar-refractivity contribution is 0.308. The van der Waals surface area contributed by atoms with E-state index in [4.69, 9.17) is 16.3 Å². The number of halogens is 1. The summed E-state index contributed by atoms with van der Waals surface area (Å²) in [5, 5.41) is 15.3. The van der Waals surface area contributed by atoms with Crippen molar-refractivity contribution in [1.82, 2.24) is 0 Å². The molecule has 0 heterocycles. The minimum atomic E-state index is 0.173. The van der Waals surface area contributed by atoms with Gasteiger partial charge in [0.2, 0.25) is 0 Å². The first-order valence-corrected chi connectivity index (χ1v) is 7.23. The third-order valence-electron chi connectivity index (χ3n) is 3.41. The monoisotopic (exact) mass is 311 g/mol. The van der Waals surface area contributed by atoms with Crippen LogP contribution in [0.15, 0.2) is 71.9 Å². The van der Waals surface area contributed by atoms with E-state index in [0.29, 0.717) is 10.7 Å². The SMILES string of the molecule is O/N=C(\COc1cccc2ccccc12)c1ccc(Cl)cc1. The van der Waals surface area contributed by atoms with E-state index in [0.717, 1.165) is 22.1 Å². The summed E-state index contributed by atoms with van der Waals surface area (Å²) in [6.07, 6.45) is 0. The van der Waals surface area contributed by atoms with Crippen LogP contribution in [0.5, 0.6) is 5.75 Å². The van der Waals surface area contributed by atoms with Gasteiger partial charge in [0.25, 0.3) is 0 Å². The molecule has 0 atom stereocenters. The van der Waals surface area contributed by atoms with Crippen molar-refractivity contribution in [1.29, 1.82) is 0 Å². The maximum atomic E-state index is 9.22. The lowest BCUT2D eigenvalue weighted by Crippen LogP contribution is -2.13. The van der Waals surface area contributed by atoms with Crippen LogP contribution < -0.4 is 4.74 Å². The summed E-state index contributed by atoms with van der Waals surface area (Å²) in [6.45, 7) is 0.173. The van der Waals surface area contributed by atoms with E-state index in [1.54, 1.807) is 24.3 Å². The average Bonchev–Trinajstić information content (AvgIpc) is 2.57. The maximum absolute atomic E-state index is 9.22. The van der Waals surface area contributed by atoms with Gasteiger partial charge in [-0.25, -0.2) is 0 Å². The van der Waals surface area contributed by atoms with E-state index < -0.39 is 0 Å². The van der Waals surface area contributed by atoms with Crippen LogP contribution in [-0.4, -0.2) is 17.5 Å². The van der Waals surface area contributed by atoms with Gasteiger partial charge in [0.15, 0.2) is 0 Å². The van der Waals surface area contributed by atoms with Crippen LogP contribution in [-0.2, 0) is 0 Å². The van der Waals surface area contributed by atoms with Crippen molar-refractivity contribution in [3.05, 3.63) is 77.3 Å². The maximum Gasteiger partial charge on any atom is 0.134 e. The molecule has 0 fully saturated rings. The highest BCUT2D eigenvalue weighted by molar-refractivity contribution is 6.30. The van der Waals surface area contributed by atoms with Crippen LogP contribution in [0.2, 0.25) is 5.02 Å². The average molecular weight is 312 g/mol. The molecule has 1 N–H and O–H groups in total.